The Morgan fingerprint density at radius 3 is 1.16 bits per heavy atom. The maximum atomic E-state index is 2.88. The molecule has 0 saturated heterocycles. The molecule has 25 heavy (non-hydrogen) atoms. The molecule has 0 unspecified atom stereocenters. The van der Waals surface area contributed by atoms with Crippen molar-refractivity contribution in [3.8, 4) is 0 Å². The van der Waals surface area contributed by atoms with Crippen LogP contribution in [0.5, 0.6) is 0 Å². The van der Waals surface area contributed by atoms with Gasteiger partial charge in [-0.2, -0.15) is 0 Å². The van der Waals surface area contributed by atoms with Gasteiger partial charge in [-0.15, -0.1) is 0 Å². The molecular weight excluding hydrogens is 471 g/mol. The minimum absolute atomic E-state index is 1.16. The van der Waals surface area contributed by atoms with E-state index in [1.807, 2.05) is 0 Å². The van der Waals surface area contributed by atoms with Crippen LogP contribution >= 0.6 is 0 Å². The van der Waals surface area contributed by atoms with E-state index in [9.17, 15) is 0 Å². The second-order valence-corrected chi connectivity index (χ2v) is 20.8. The summed E-state index contributed by atoms with van der Waals surface area (Å²) in [7, 11) is 0. The van der Waals surface area contributed by atoms with Crippen molar-refractivity contribution >= 4 is 0 Å². The van der Waals surface area contributed by atoms with E-state index >= 15 is 0 Å². The molecule has 0 aliphatic carbocycles. The van der Waals surface area contributed by atoms with Crippen molar-refractivity contribution < 1.29 is 20.5 Å². The number of hydrogen-bond acceptors (Lipinski definition) is 2. The third-order valence-electron chi connectivity index (χ3n) is 5.36. The fraction of sp³-hybridized carbons (Fsp3) is 0.455. The molecule has 0 atom stereocenters. The van der Waals surface area contributed by atoms with E-state index < -0.39 is 20.5 Å². The summed E-state index contributed by atoms with van der Waals surface area (Å²) in [6.07, 6.45) is 0. The molecule has 0 saturated carbocycles. The van der Waals surface area contributed by atoms with E-state index in [2.05, 4.69) is 94.1 Å². The predicted octanol–water partition coefficient (Wildman–Crippen LogP) is 5.05. The van der Waals surface area contributed by atoms with Gasteiger partial charge in [-0.05, 0) is 0 Å². The summed E-state index contributed by atoms with van der Waals surface area (Å²) in [4.78, 5) is 0. The number of benzene rings is 2. The van der Waals surface area contributed by atoms with E-state index in [-0.39, 0.29) is 0 Å². The quantitative estimate of drug-likeness (QED) is 0.418. The van der Waals surface area contributed by atoms with Gasteiger partial charge in [-0.1, -0.05) is 0 Å². The molecule has 0 aliphatic rings. The average Bonchev–Trinajstić information content (AvgIpc) is 2.65. The van der Waals surface area contributed by atoms with Gasteiger partial charge in [0.1, 0.15) is 0 Å². The summed E-state index contributed by atoms with van der Waals surface area (Å²) in [6, 6.07) is 22.4. The van der Waals surface area contributed by atoms with Gasteiger partial charge < -0.3 is 0 Å². The molecule has 0 fully saturated rings. The number of nitrogens with zero attached hydrogens (tertiary/aromatic N) is 2. The monoisotopic (exact) mass is 506 g/mol. The first-order valence-electron chi connectivity index (χ1n) is 9.78. The molecule has 0 heterocycles. The van der Waals surface area contributed by atoms with Crippen molar-refractivity contribution in [2.24, 2.45) is 0 Å². The van der Waals surface area contributed by atoms with Gasteiger partial charge in [0.2, 0.25) is 0 Å². The van der Waals surface area contributed by atoms with Crippen molar-refractivity contribution in [1.29, 1.82) is 0 Å². The zero-order valence-corrected chi connectivity index (χ0v) is 20.0. The van der Waals surface area contributed by atoms with Crippen molar-refractivity contribution in [3.63, 3.8) is 0 Å². The van der Waals surface area contributed by atoms with Gasteiger partial charge in [-0.25, -0.2) is 0 Å². The SMILES string of the molecule is CC[N](CC)[Hf]([CH2]c1ccccc1)([CH2]c1ccccc1)[N](CC)CC. The molecule has 0 aliphatic heterocycles. The van der Waals surface area contributed by atoms with Gasteiger partial charge in [0.25, 0.3) is 0 Å². The van der Waals surface area contributed by atoms with Crippen LogP contribution in [0.2, 0.25) is 0 Å². The molecule has 2 aromatic carbocycles. The van der Waals surface area contributed by atoms with Crippen molar-refractivity contribution in [2.75, 3.05) is 26.2 Å². The van der Waals surface area contributed by atoms with E-state index in [0.29, 0.717) is 0 Å². The van der Waals surface area contributed by atoms with Gasteiger partial charge in [-0.3, -0.25) is 0 Å². The van der Waals surface area contributed by atoms with Gasteiger partial charge in [0, 0.05) is 0 Å². The molecule has 0 bridgehead atoms. The molecular formula is C22H34HfN2. The fourth-order valence-corrected chi connectivity index (χ4v) is 24.1. The Morgan fingerprint density at radius 2 is 0.880 bits per heavy atom. The molecule has 0 N–H and O–H groups in total. The molecule has 0 amide bonds. The second-order valence-electron chi connectivity index (χ2n) is 6.65. The zero-order chi connectivity index (χ0) is 18.1. The summed E-state index contributed by atoms with van der Waals surface area (Å²) in [5, 5.41) is 0. The van der Waals surface area contributed by atoms with E-state index in [0.717, 1.165) is 26.2 Å². The summed E-state index contributed by atoms with van der Waals surface area (Å²) in [5.41, 5.74) is 3.03. The number of hydrogen-bond donors (Lipinski definition) is 0. The van der Waals surface area contributed by atoms with Crippen molar-refractivity contribution in [1.82, 2.24) is 5.78 Å². The molecule has 2 nitrogen and oxygen atoms in total. The minimum atomic E-state index is -3.00. The van der Waals surface area contributed by atoms with Crippen molar-refractivity contribution in [3.05, 3.63) is 71.8 Å². The molecule has 0 aromatic heterocycles. The zero-order valence-electron chi connectivity index (χ0n) is 16.4. The van der Waals surface area contributed by atoms with Crippen LogP contribution in [0.3, 0.4) is 0 Å². The van der Waals surface area contributed by atoms with Gasteiger partial charge in [0.05, 0.1) is 0 Å². The summed E-state index contributed by atoms with van der Waals surface area (Å²) in [5.74, 6) is 0. The van der Waals surface area contributed by atoms with Crippen LogP contribution in [-0.4, -0.2) is 32.0 Å². The third kappa shape index (κ3) is 5.12. The predicted molar refractivity (Wildman–Crippen MR) is 106 cm³/mol. The molecule has 136 valence electrons. The number of rotatable bonds is 10. The van der Waals surface area contributed by atoms with Crippen LogP contribution in [0.15, 0.2) is 60.7 Å². The van der Waals surface area contributed by atoms with Crippen LogP contribution in [0.4, 0.5) is 0 Å². The first kappa shape index (κ1) is 20.5. The molecule has 2 aromatic rings. The normalized spacial score (nSPS) is 12.1. The Bertz CT molecular complexity index is 536. The Kier molecular flexibility index (Phi) is 8.54. The Morgan fingerprint density at radius 1 is 0.560 bits per heavy atom. The van der Waals surface area contributed by atoms with Crippen LogP contribution in [0.25, 0.3) is 0 Å². The Balaban J connectivity index is 2.50. The molecule has 3 heteroatoms. The van der Waals surface area contributed by atoms with E-state index in [1.165, 1.54) is 19.5 Å². The van der Waals surface area contributed by atoms with E-state index in [4.69, 9.17) is 0 Å². The van der Waals surface area contributed by atoms with Gasteiger partial charge >= 0.3 is 160 Å². The maximum absolute atomic E-state index is 3.00. The van der Waals surface area contributed by atoms with E-state index in [1.54, 1.807) is 0 Å². The topological polar surface area (TPSA) is 6.48 Å². The standard InChI is InChI=1S/2C7H7.2C4H10N.Hf/c2*1-7-5-3-2-4-6-7;2*1-3-5-4-2;/h2*2-6H,1H2;2*3-4H2,1-2H3;/q;;2*-1;+2. The Labute approximate surface area is 160 Å². The van der Waals surface area contributed by atoms with Crippen LogP contribution < -0.4 is 0 Å². The molecule has 0 radical (unpaired) electrons. The fourth-order valence-electron chi connectivity index (χ4n) is 4.18. The summed E-state index contributed by atoms with van der Waals surface area (Å²) >= 11 is -3.00. The second kappa shape index (κ2) is 10.4. The molecule has 0 spiro atoms. The summed E-state index contributed by atoms with van der Waals surface area (Å²) < 4.78 is 8.29. The molecule has 2 rings (SSSR count). The Hall–Kier alpha value is -0.770. The first-order valence-corrected chi connectivity index (χ1v) is 18.1. The van der Waals surface area contributed by atoms with Crippen LogP contribution in [0.1, 0.15) is 38.8 Å². The first-order chi connectivity index (χ1) is 12.2. The summed E-state index contributed by atoms with van der Waals surface area (Å²) in [6.45, 7) is 14.0. The average molecular weight is 505 g/mol. The van der Waals surface area contributed by atoms with Gasteiger partial charge in [0.15, 0.2) is 0 Å². The third-order valence-corrected chi connectivity index (χ3v) is 25.4. The van der Waals surface area contributed by atoms with Crippen LogP contribution in [-0.2, 0) is 28.9 Å². The van der Waals surface area contributed by atoms with Crippen LogP contribution in [0, 0.1) is 0 Å². The van der Waals surface area contributed by atoms with Crippen molar-refractivity contribution in [2.45, 2.75) is 36.0 Å².